The number of aromatic nitrogens is 4. The molecule has 0 amide bonds. The van der Waals surface area contributed by atoms with Crippen LogP contribution < -0.4 is 14.8 Å². The average molecular weight is 481 g/mol. The number of nitrogens with zero attached hydrogens (tertiary/aromatic N) is 5. The predicted octanol–water partition coefficient (Wildman–Crippen LogP) is 3.93. The number of morpholine rings is 1. The van der Waals surface area contributed by atoms with E-state index in [4.69, 9.17) is 29.2 Å². The van der Waals surface area contributed by atoms with Gasteiger partial charge in [-0.3, -0.25) is 9.47 Å². The minimum absolute atomic E-state index is 0.396. The Bertz CT molecular complexity index is 1150. The molecule has 1 aliphatic carbocycles. The number of nitrogens with one attached hydrogen (secondary N) is 1. The summed E-state index contributed by atoms with van der Waals surface area (Å²) in [5.74, 6) is 4.38. The molecule has 2 fully saturated rings. The Morgan fingerprint density at radius 1 is 1.00 bits per heavy atom. The van der Waals surface area contributed by atoms with Crippen LogP contribution in [0.3, 0.4) is 0 Å². The maximum atomic E-state index is 5.61. The summed E-state index contributed by atoms with van der Waals surface area (Å²) >= 11 is 0. The molecular formula is C26H36N6O3. The first-order valence-corrected chi connectivity index (χ1v) is 12.7. The highest BCUT2D eigenvalue weighted by molar-refractivity contribution is 5.85. The molecule has 0 bridgehead atoms. The van der Waals surface area contributed by atoms with Gasteiger partial charge < -0.3 is 19.5 Å². The molecule has 0 unspecified atom stereocenters. The van der Waals surface area contributed by atoms with Crippen molar-refractivity contribution in [2.24, 2.45) is 0 Å². The lowest BCUT2D eigenvalue weighted by molar-refractivity contribution is 0.0398. The molecule has 9 nitrogen and oxygen atoms in total. The first-order chi connectivity index (χ1) is 17.2. The van der Waals surface area contributed by atoms with Gasteiger partial charge in [0.15, 0.2) is 28.5 Å². The van der Waals surface area contributed by atoms with Crippen molar-refractivity contribution in [3.05, 3.63) is 29.8 Å². The number of imidazole rings is 1. The fourth-order valence-corrected chi connectivity index (χ4v) is 5.22. The summed E-state index contributed by atoms with van der Waals surface area (Å²) in [4.78, 5) is 17.2. The van der Waals surface area contributed by atoms with Crippen LogP contribution in [0.5, 0.6) is 11.5 Å². The zero-order valence-corrected chi connectivity index (χ0v) is 21.0. The summed E-state index contributed by atoms with van der Waals surface area (Å²) in [7, 11) is 3.32. The second-order valence-corrected chi connectivity index (χ2v) is 9.35. The quantitative estimate of drug-likeness (QED) is 0.519. The average Bonchev–Trinajstić information content (AvgIpc) is 3.28. The molecule has 1 saturated heterocycles. The van der Waals surface area contributed by atoms with Gasteiger partial charge in [0.25, 0.3) is 0 Å². The summed E-state index contributed by atoms with van der Waals surface area (Å²) in [5, 5.41) is 3.56. The van der Waals surface area contributed by atoms with Gasteiger partial charge >= 0.3 is 0 Å². The Morgan fingerprint density at radius 2 is 1.77 bits per heavy atom. The number of anilines is 1. The van der Waals surface area contributed by atoms with Crippen LogP contribution in [0.2, 0.25) is 0 Å². The van der Waals surface area contributed by atoms with Crippen molar-refractivity contribution in [3.63, 3.8) is 0 Å². The highest BCUT2D eigenvalue weighted by atomic mass is 16.5. The van der Waals surface area contributed by atoms with Gasteiger partial charge in [-0.05, 0) is 31.9 Å². The highest BCUT2D eigenvalue weighted by Crippen LogP contribution is 2.38. The first-order valence-electron chi connectivity index (χ1n) is 12.7. The van der Waals surface area contributed by atoms with Crippen LogP contribution in [-0.2, 0) is 4.74 Å². The monoisotopic (exact) mass is 480 g/mol. The second kappa shape index (κ2) is 10.8. The molecule has 0 radical (unpaired) electrons. The number of ether oxygens (including phenoxy) is 3. The number of hydrogen-bond donors (Lipinski definition) is 1. The van der Waals surface area contributed by atoms with Crippen molar-refractivity contribution in [1.82, 2.24) is 24.4 Å². The number of fused-ring (bicyclic) bond motifs is 1. The summed E-state index contributed by atoms with van der Waals surface area (Å²) < 4.78 is 18.8. The van der Waals surface area contributed by atoms with Gasteiger partial charge in [0.1, 0.15) is 11.6 Å². The van der Waals surface area contributed by atoms with E-state index >= 15 is 0 Å². The molecule has 2 aromatic heterocycles. The third-order valence-corrected chi connectivity index (χ3v) is 7.06. The molecule has 2 aliphatic rings. The summed E-state index contributed by atoms with van der Waals surface area (Å²) in [6, 6.07) is 6.01. The standard InChI is InChI=1S/C26H36N6O3/c1-18-28-24(27-11-12-31-13-15-35-16-14-31)23-26(29-18)32(25(30-23)19-7-5-4-6-8-19)20-9-10-21(33-2)22(17-20)34-3/h9-10,17,19H,4-8,11-16H2,1-3H3,(H,27,28,29). The molecule has 35 heavy (non-hydrogen) atoms. The Kier molecular flexibility index (Phi) is 7.34. The Hall–Kier alpha value is -2.91. The van der Waals surface area contributed by atoms with E-state index < -0.39 is 0 Å². The maximum absolute atomic E-state index is 5.61. The molecule has 1 aromatic carbocycles. The van der Waals surface area contributed by atoms with Crippen LogP contribution in [0.1, 0.15) is 49.7 Å². The predicted molar refractivity (Wildman–Crippen MR) is 136 cm³/mol. The lowest BCUT2D eigenvalue weighted by atomic mass is 9.88. The van der Waals surface area contributed by atoms with Gasteiger partial charge in [-0.15, -0.1) is 0 Å². The second-order valence-electron chi connectivity index (χ2n) is 9.35. The first kappa shape index (κ1) is 23.8. The van der Waals surface area contributed by atoms with Gasteiger partial charge in [-0.1, -0.05) is 19.3 Å². The molecule has 5 rings (SSSR count). The van der Waals surface area contributed by atoms with Crippen LogP contribution in [0, 0.1) is 6.92 Å². The third-order valence-electron chi connectivity index (χ3n) is 7.06. The van der Waals surface area contributed by atoms with Gasteiger partial charge in [-0.25, -0.2) is 15.0 Å². The SMILES string of the molecule is COc1ccc(-n2c(C3CCCCC3)nc3c(NCCN4CCOCC4)nc(C)nc32)cc1OC. The molecule has 1 aliphatic heterocycles. The van der Waals surface area contributed by atoms with E-state index in [0.717, 1.165) is 86.6 Å². The van der Waals surface area contributed by atoms with Gasteiger partial charge in [-0.2, -0.15) is 0 Å². The number of benzene rings is 1. The minimum atomic E-state index is 0.396. The molecular weight excluding hydrogens is 444 g/mol. The van der Waals surface area contributed by atoms with Crippen LogP contribution >= 0.6 is 0 Å². The van der Waals surface area contributed by atoms with Crippen LogP contribution in [0.15, 0.2) is 18.2 Å². The maximum Gasteiger partial charge on any atom is 0.170 e. The Morgan fingerprint density at radius 3 is 2.51 bits per heavy atom. The molecule has 1 saturated carbocycles. The van der Waals surface area contributed by atoms with E-state index in [1.807, 2.05) is 19.1 Å². The number of hydrogen-bond acceptors (Lipinski definition) is 8. The Labute approximate surface area is 206 Å². The molecule has 0 spiro atoms. The van der Waals surface area contributed by atoms with Crippen molar-refractivity contribution in [2.45, 2.75) is 44.9 Å². The number of methoxy groups -OCH3 is 2. The fourth-order valence-electron chi connectivity index (χ4n) is 5.22. The molecule has 188 valence electrons. The molecule has 9 heteroatoms. The van der Waals surface area contributed by atoms with Crippen molar-refractivity contribution in [2.75, 3.05) is 58.9 Å². The van der Waals surface area contributed by atoms with Gasteiger partial charge in [0, 0.05) is 38.2 Å². The topological polar surface area (TPSA) is 86.6 Å². The van der Waals surface area contributed by atoms with E-state index in [1.54, 1.807) is 14.2 Å². The van der Waals surface area contributed by atoms with E-state index in [1.165, 1.54) is 19.3 Å². The van der Waals surface area contributed by atoms with Crippen molar-refractivity contribution < 1.29 is 14.2 Å². The zero-order valence-electron chi connectivity index (χ0n) is 21.0. The van der Waals surface area contributed by atoms with Crippen LogP contribution in [0.25, 0.3) is 16.9 Å². The largest absolute Gasteiger partial charge is 0.493 e. The summed E-state index contributed by atoms with van der Waals surface area (Å²) in [6.07, 6.45) is 6.04. The van der Waals surface area contributed by atoms with Gasteiger partial charge in [0.2, 0.25) is 0 Å². The number of aryl methyl sites for hydroxylation is 1. The minimum Gasteiger partial charge on any atom is -0.493 e. The van der Waals surface area contributed by atoms with E-state index in [0.29, 0.717) is 17.4 Å². The zero-order chi connectivity index (χ0) is 24.2. The van der Waals surface area contributed by atoms with Crippen LogP contribution in [-0.4, -0.2) is 78.0 Å². The molecule has 3 aromatic rings. The lowest BCUT2D eigenvalue weighted by Crippen LogP contribution is -2.39. The Balaban J connectivity index is 1.55. The molecule has 1 N–H and O–H groups in total. The summed E-state index contributed by atoms with van der Waals surface area (Å²) in [6.45, 7) is 7.24. The van der Waals surface area contributed by atoms with E-state index in [9.17, 15) is 0 Å². The smallest absolute Gasteiger partial charge is 0.170 e. The molecule has 3 heterocycles. The third kappa shape index (κ3) is 5.06. The van der Waals surface area contributed by atoms with Crippen LogP contribution in [0.4, 0.5) is 5.82 Å². The van der Waals surface area contributed by atoms with E-state index in [-0.39, 0.29) is 0 Å². The normalized spacial score (nSPS) is 17.6. The fraction of sp³-hybridized carbons (Fsp3) is 0.577. The van der Waals surface area contributed by atoms with Crippen molar-refractivity contribution in [3.8, 4) is 17.2 Å². The lowest BCUT2D eigenvalue weighted by Gasteiger charge is -2.26. The van der Waals surface area contributed by atoms with Crippen molar-refractivity contribution >= 4 is 17.0 Å². The summed E-state index contributed by atoms with van der Waals surface area (Å²) in [5.41, 5.74) is 2.63. The van der Waals surface area contributed by atoms with E-state index in [2.05, 4.69) is 20.9 Å². The number of rotatable bonds is 8. The highest BCUT2D eigenvalue weighted by Gasteiger charge is 2.26. The van der Waals surface area contributed by atoms with Crippen molar-refractivity contribution in [1.29, 1.82) is 0 Å². The van der Waals surface area contributed by atoms with Gasteiger partial charge in [0.05, 0.1) is 33.1 Å². The molecule has 0 atom stereocenters.